The number of nitrogens with one attached hydrogen (secondary N) is 2. The fourth-order valence-corrected chi connectivity index (χ4v) is 5.44. The fraction of sp³-hybridized carbons (Fsp3) is 0.407. The van der Waals surface area contributed by atoms with Crippen LogP contribution in [0, 0.1) is 11.2 Å². The predicted molar refractivity (Wildman–Crippen MR) is 150 cm³/mol. The number of anilines is 2. The average Bonchev–Trinajstić information content (AvgIpc) is 3.37. The second-order valence-electron chi connectivity index (χ2n) is 10.8. The molecule has 3 heterocycles. The van der Waals surface area contributed by atoms with Gasteiger partial charge in [0.1, 0.15) is 17.5 Å². The lowest BCUT2D eigenvalue weighted by Gasteiger charge is -2.40. The van der Waals surface area contributed by atoms with Crippen LogP contribution in [0.3, 0.4) is 0 Å². The minimum Gasteiger partial charge on any atom is -0.338 e. The minimum absolute atomic E-state index is 0.0707. The van der Waals surface area contributed by atoms with Gasteiger partial charge in [-0.2, -0.15) is 18.3 Å². The number of pyridine rings is 1. The number of nitrogens with zero attached hydrogens (tertiary/aromatic N) is 4. The number of aromatic nitrogens is 3. The highest BCUT2D eigenvalue weighted by molar-refractivity contribution is 14.1. The molecule has 4 rings (SSSR count). The van der Waals surface area contributed by atoms with Gasteiger partial charge < -0.3 is 10.2 Å². The molecule has 1 aliphatic rings. The van der Waals surface area contributed by atoms with Crippen molar-refractivity contribution < 1.29 is 27.2 Å². The van der Waals surface area contributed by atoms with Gasteiger partial charge in [0.25, 0.3) is 5.91 Å². The maximum absolute atomic E-state index is 14.6. The third-order valence-electron chi connectivity index (χ3n) is 6.97. The first-order chi connectivity index (χ1) is 18.7. The maximum Gasteiger partial charge on any atom is 0.419 e. The monoisotopic (exact) mass is 672 g/mol. The summed E-state index contributed by atoms with van der Waals surface area (Å²) in [6, 6.07) is 9.94. The Hall–Kier alpha value is -3.23. The van der Waals surface area contributed by atoms with E-state index in [-0.39, 0.29) is 43.8 Å². The molecule has 0 unspecified atom stereocenters. The van der Waals surface area contributed by atoms with E-state index >= 15 is 0 Å². The Bertz CT molecular complexity index is 1390. The number of hydrogen-bond donors (Lipinski definition) is 2. The number of alkyl halides is 3. The quantitative estimate of drug-likeness (QED) is 0.195. The summed E-state index contributed by atoms with van der Waals surface area (Å²) in [6.07, 6.45) is -2.50. The molecule has 0 radical (unpaired) electrons. The van der Waals surface area contributed by atoms with Gasteiger partial charge in [-0.05, 0) is 57.9 Å². The van der Waals surface area contributed by atoms with E-state index in [1.54, 1.807) is 35.1 Å². The first-order valence-corrected chi connectivity index (χ1v) is 13.7. The van der Waals surface area contributed by atoms with Crippen LogP contribution in [0.2, 0.25) is 0 Å². The molecule has 13 heteroatoms. The standard InChI is InChI=1S/C27H29F4IN6O2/c1-25(2,3)38-21(10-13-33-38)35-20-9-4-6-17(34-20)16-26(24(40)36-32)11-14-37(15-12-26)23(39)18-7-5-8-19(22(18)28)27(29,30)31/h4-10,13H,11-12,14-16H2,1-3H3,(H,34,35)(H,36,40). The Balaban J connectivity index is 1.52. The van der Waals surface area contributed by atoms with E-state index in [1.165, 1.54) is 4.90 Å². The molecule has 214 valence electrons. The molecule has 2 amide bonds. The van der Waals surface area contributed by atoms with Crippen LogP contribution in [0.5, 0.6) is 0 Å². The number of halogens is 5. The summed E-state index contributed by atoms with van der Waals surface area (Å²) in [4.78, 5) is 32.1. The zero-order chi connectivity index (χ0) is 29.3. The van der Waals surface area contributed by atoms with Crippen LogP contribution in [0.15, 0.2) is 48.7 Å². The van der Waals surface area contributed by atoms with E-state index in [2.05, 4.69) is 13.9 Å². The number of piperidine rings is 1. The van der Waals surface area contributed by atoms with E-state index in [9.17, 15) is 27.2 Å². The Morgan fingerprint density at radius 1 is 1.05 bits per heavy atom. The van der Waals surface area contributed by atoms with E-state index in [0.29, 0.717) is 17.6 Å². The van der Waals surface area contributed by atoms with Crippen molar-refractivity contribution in [3.8, 4) is 0 Å². The van der Waals surface area contributed by atoms with Crippen LogP contribution in [-0.4, -0.2) is 44.6 Å². The van der Waals surface area contributed by atoms with Gasteiger partial charge in [0.05, 0.1) is 51.1 Å². The molecule has 1 aliphatic heterocycles. The summed E-state index contributed by atoms with van der Waals surface area (Å²) in [5.41, 5.74) is -2.65. The van der Waals surface area contributed by atoms with Crippen molar-refractivity contribution >= 4 is 46.3 Å². The van der Waals surface area contributed by atoms with Gasteiger partial charge in [-0.15, -0.1) is 0 Å². The molecule has 0 bridgehead atoms. The molecule has 0 atom stereocenters. The van der Waals surface area contributed by atoms with Crippen molar-refractivity contribution in [3.05, 3.63) is 71.3 Å². The van der Waals surface area contributed by atoms with Gasteiger partial charge in [0.2, 0.25) is 5.91 Å². The van der Waals surface area contributed by atoms with Crippen LogP contribution in [0.4, 0.5) is 29.2 Å². The minimum atomic E-state index is -4.92. The first-order valence-electron chi connectivity index (χ1n) is 12.6. The summed E-state index contributed by atoms with van der Waals surface area (Å²) in [5, 5.41) is 7.64. The fourth-order valence-electron chi connectivity index (χ4n) is 4.87. The van der Waals surface area contributed by atoms with Crippen LogP contribution in [0.1, 0.15) is 55.2 Å². The largest absolute Gasteiger partial charge is 0.419 e. The Labute approximate surface area is 243 Å². The Morgan fingerprint density at radius 3 is 2.35 bits per heavy atom. The van der Waals surface area contributed by atoms with Crippen LogP contribution < -0.4 is 8.85 Å². The van der Waals surface area contributed by atoms with Gasteiger partial charge in [0.15, 0.2) is 0 Å². The van der Waals surface area contributed by atoms with Crippen LogP contribution in [-0.2, 0) is 22.9 Å². The lowest BCUT2D eigenvalue weighted by atomic mass is 9.74. The highest BCUT2D eigenvalue weighted by Gasteiger charge is 2.43. The Kier molecular flexibility index (Phi) is 8.43. The predicted octanol–water partition coefficient (Wildman–Crippen LogP) is 5.87. The summed E-state index contributed by atoms with van der Waals surface area (Å²) >= 11 is 1.77. The second kappa shape index (κ2) is 11.3. The Morgan fingerprint density at radius 2 is 1.73 bits per heavy atom. The summed E-state index contributed by atoms with van der Waals surface area (Å²) in [5.74, 6) is -1.35. The van der Waals surface area contributed by atoms with Crippen molar-refractivity contribution in [2.75, 3.05) is 18.4 Å². The smallest absolute Gasteiger partial charge is 0.338 e. The molecule has 40 heavy (non-hydrogen) atoms. The van der Waals surface area contributed by atoms with Gasteiger partial charge in [0, 0.05) is 31.3 Å². The lowest BCUT2D eigenvalue weighted by Crippen LogP contribution is -2.50. The number of rotatable bonds is 6. The molecule has 0 spiro atoms. The number of carbonyl (C=O) groups excluding carboxylic acids is 2. The molecular weight excluding hydrogens is 643 g/mol. The maximum atomic E-state index is 14.6. The molecule has 3 aromatic rings. The van der Waals surface area contributed by atoms with Crippen molar-refractivity contribution in [1.82, 2.24) is 23.2 Å². The summed E-state index contributed by atoms with van der Waals surface area (Å²) in [6.45, 7) is 6.22. The van der Waals surface area contributed by atoms with Crippen molar-refractivity contribution in [2.45, 2.75) is 51.7 Å². The highest BCUT2D eigenvalue weighted by Crippen LogP contribution is 2.37. The lowest BCUT2D eigenvalue weighted by molar-refractivity contribution is -0.140. The second-order valence-corrected chi connectivity index (χ2v) is 11.3. The summed E-state index contributed by atoms with van der Waals surface area (Å²) in [7, 11) is 0. The third-order valence-corrected chi connectivity index (χ3v) is 7.46. The van der Waals surface area contributed by atoms with E-state index < -0.39 is 34.4 Å². The summed E-state index contributed by atoms with van der Waals surface area (Å²) < 4.78 is 58.6. The normalized spacial score (nSPS) is 15.6. The first kappa shape index (κ1) is 29.7. The SMILES string of the molecule is CC(C)(C)n1nccc1Nc1cccc(CC2(C(=O)NI)CCN(C(=O)c3cccc(C(F)(F)F)c3F)CC2)n1. The van der Waals surface area contributed by atoms with Gasteiger partial charge in [-0.3, -0.25) is 13.1 Å². The van der Waals surface area contributed by atoms with E-state index in [4.69, 9.17) is 4.98 Å². The molecule has 8 nitrogen and oxygen atoms in total. The van der Waals surface area contributed by atoms with Crippen LogP contribution >= 0.6 is 22.9 Å². The zero-order valence-corrected chi connectivity index (χ0v) is 24.3. The number of likely N-dealkylation sites (tertiary alicyclic amines) is 1. The van der Waals surface area contributed by atoms with E-state index in [0.717, 1.165) is 18.0 Å². The number of amides is 2. The van der Waals surface area contributed by atoms with Crippen LogP contribution in [0.25, 0.3) is 0 Å². The van der Waals surface area contributed by atoms with Gasteiger partial charge >= 0.3 is 6.18 Å². The van der Waals surface area contributed by atoms with Crippen molar-refractivity contribution in [2.24, 2.45) is 5.41 Å². The molecule has 0 saturated carbocycles. The van der Waals surface area contributed by atoms with Gasteiger partial charge in [-0.25, -0.2) is 14.1 Å². The van der Waals surface area contributed by atoms with Crippen molar-refractivity contribution in [3.63, 3.8) is 0 Å². The molecule has 2 N–H and O–H groups in total. The van der Waals surface area contributed by atoms with E-state index in [1.807, 2.05) is 43.7 Å². The molecular formula is C27H29F4IN6O2. The third kappa shape index (κ3) is 6.23. The zero-order valence-electron chi connectivity index (χ0n) is 22.1. The topological polar surface area (TPSA) is 92.2 Å². The number of benzene rings is 1. The molecule has 2 aromatic heterocycles. The highest BCUT2D eigenvalue weighted by atomic mass is 127. The molecule has 1 fully saturated rings. The number of hydrogen-bond acceptors (Lipinski definition) is 5. The molecule has 0 aliphatic carbocycles. The molecule has 1 saturated heterocycles. The molecule has 1 aromatic carbocycles. The van der Waals surface area contributed by atoms with Gasteiger partial charge in [-0.1, -0.05) is 12.1 Å². The number of carbonyl (C=O) groups is 2. The average molecular weight is 672 g/mol. The van der Waals surface area contributed by atoms with Crippen molar-refractivity contribution in [1.29, 1.82) is 0 Å².